The van der Waals surface area contributed by atoms with E-state index in [0.29, 0.717) is 5.92 Å². The lowest BCUT2D eigenvalue weighted by atomic mass is 9.67. The van der Waals surface area contributed by atoms with E-state index in [2.05, 4.69) is 10.6 Å². The van der Waals surface area contributed by atoms with Crippen molar-refractivity contribution in [3.05, 3.63) is 23.8 Å². The van der Waals surface area contributed by atoms with E-state index in [4.69, 9.17) is 4.74 Å². The summed E-state index contributed by atoms with van der Waals surface area (Å²) in [6.07, 6.45) is 4.59. The van der Waals surface area contributed by atoms with Crippen molar-refractivity contribution < 1.29 is 9.53 Å². The third kappa shape index (κ3) is 2.95. The lowest BCUT2D eigenvalue weighted by Crippen LogP contribution is -2.44. The molecule has 1 aliphatic heterocycles. The number of halogens is 1. The number of carbonyl (C=O) groups excluding carboxylic acids is 1. The summed E-state index contributed by atoms with van der Waals surface area (Å²) in [6, 6.07) is 5.78. The van der Waals surface area contributed by atoms with Crippen LogP contribution in [0.5, 0.6) is 5.75 Å². The van der Waals surface area contributed by atoms with E-state index in [1.165, 1.54) is 12.8 Å². The molecule has 1 amide bonds. The van der Waals surface area contributed by atoms with Gasteiger partial charge in [0, 0.05) is 12.2 Å². The summed E-state index contributed by atoms with van der Waals surface area (Å²) in [6.45, 7) is 3.80. The topological polar surface area (TPSA) is 50.4 Å². The summed E-state index contributed by atoms with van der Waals surface area (Å²) >= 11 is 0. The molecule has 2 fully saturated rings. The molecule has 1 aliphatic carbocycles. The lowest BCUT2D eigenvalue weighted by Gasteiger charge is -2.37. The van der Waals surface area contributed by atoms with Crippen LogP contribution in [0.4, 0.5) is 5.69 Å². The summed E-state index contributed by atoms with van der Waals surface area (Å²) in [5.74, 6) is 1.50. The van der Waals surface area contributed by atoms with E-state index >= 15 is 0 Å². The number of fused-ring (bicyclic) bond motifs is 1. The Morgan fingerprint density at radius 3 is 2.95 bits per heavy atom. The Hall–Kier alpha value is -1.26. The Balaban J connectivity index is 0.00000176. The van der Waals surface area contributed by atoms with Crippen molar-refractivity contribution in [2.75, 3.05) is 25.5 Å². The Labute approximate surface area is 138 Å². The highest BCUT2D eigenvalue weighted by Gasteiger charge is 2.49. The van der Waals surface area contributed by atoms with Gasteiger partial charge in [0.1, 0.15) is 5.75 Å². The number of benzene rings is 1. The van der Waals surface area contributed by atoms with Crippen molar-refractivity contribution in [2.24, 2.45) is 11.3 Å². The second-order valence-corrected chi connectivity index (χ2v) is 6.36. The maximum absolute atomic E-state index is 12.9. The molecule has 2 N–H and O–H groups in total. The summed E-state index contributed by atoms with van der Waals surface area (Å²) in [5, 5.41) is 6.58. The molecule has 4 nitrogen and oxygen atoms in total. The molecule has 22 heavy (non-hydrogen) atoms. The molecule has 2 aliphatic rings. The number of rotatable bonds is 3. The van der Waals surface area contributed by atoms with Crippen molar-refractivity contribution in [3.63, 3.8) is 0 Å². The molecular formula is C17H25ClN2O2. The standard InChI is InChI=1S/C17H24N2O2.ClH/c1-12-9-14(21-2)6-7-15(12)19-16(20)17-8-4-3-5-13(17)10-18-11-17;/h6-7,9,13,18H,3-5,8,10-11H2,1-2H3,(H,19,20);1H/t13-,17+;/m0./s1. The fourth-order valence-corrected chi connectivity index (χ4v) is 3.84. The van der Waals surface area contributed by atoms with Crippen LogP contribution in [0, 0.1) is 18.3 Å². The first-order chi connectivity index (χ1) is 10.2. The molecule has 0 spiro atoms. The summed E-state index contributed by atoms with van der Waals surface area (Å²) in [7, 11) is 1.66. The predicted molar refractivity (Wildman–Crippen MR) is 90.9 cm³/mol. The Morgan fingerprint density at radius 2 is 2.23 bits per heavy atom. The molecule has 0 aromatic heterocycles. The molecule has 0 unspecified atom stereocenters. The minimum Gasteiger partial charge on any atom is -0.497 e. The molecule has 5 heteroatoms. The van der Waals surface area contributed by atoms with Gasteiger partial charge in [-0.15, -0.1) is 12.4 Å². The maximum atomic E-state index is 12.9. The molecule has 122 valence electrons. The van der Waals surface area contributed by atoms with Gasteiger partial charge in [-0.1, -0.05) is 12.8 Å². The lowest BCUT2D eigenvalue weighted by molar-refractivity contribution is -0.128. The molecule has 1 saturated heterocycles. The van der Waals surface area contributed by atoms with E-state index in [1.807, 2.05) is 25.1 Å². The summed E-state index contributed by atoms with van der Waals surface area (Å²) < 4.78 is 5.22. The van der Waals surface area contributed by atoms with Gasteiger partial charge in [-0.25, -0.2) is 0 Å². The maximum Gasteiger partial charge on any atom is 0.232 e. The van der Waals surface area contributed by atoms with Crippen molar-refractivity contribution in [3.8, 4) is 5.75 Å². The van der Waals surface area contributed by atoms with Gasteiger partial charge in [-0.05, 0) is 56.0 Å². The van der Waals surface area contributed by atoms with E-state index < -0.39 is 0 Å². The molecular weight excluding hydrogens is 300 g/mol. The van der Waals surface area contributed by atoms with Gasteiger partial charge < -0.3 is 15.4 Å². The fraction of sp³-hybridized carbons (Fsp3) is 0.588. The number of hydrogen-bond acceptors (Lipinski definition) is 3. The van der Waals surface area contributed by atoms with Gasteiger partial charge in [-0.2, -0.15) is 0 Å². The number of nitrogens with one attached hydrogen (secondary N) is 2. The summed E-state index contributed by atoms with van der Waals surface area (Å²) in [4.78, 5) is 12.9. The first-order valence-corrected chi connectivity index (χ1v) is 7.82. The van der Waals surface area contributed by atoms with Crippen molar-refractivity contribution in [1.29, 1.82) is 0 Å². The molecule has 1 aromatic rings. The second kappa shape index (κ2) is 6.88. The van der Waals surface area contributed by atoms with Gasteiger partial charge in [0.15, 0.2) is 0 Å². The van der Waals surface area contributed by atoms with E-state index in [1.54, 1.807) is 7.11 Å². The molecule has 1 heterocycles. The monoisotopic (exact) mass is 324 g/mol. The van der Waals surface area contributed by atoms with Crippen LogP contribution >= 0.6 is 12.4 Å². The average Bonchev–Trinajstić information content (AvgIpc) is 2.94. The number of anilines is 1. The third-order valence-electron chi connectivity index (χ3n) is 5.17. The van der Waals surface area contributed by atoms with Gasteiger partial charge in [0.25, 0.3) is 0 Å². The highest BCUT2D eigenvalue weighted by atomic mass is 35.5. The molecule has 0 bridgehead atoms. The molecule has 0 radical (unpaired) electrons. The third-order valence-corrected chi connectivity index (χ3v) is 5.17. The number of hydrogen-bond donors (Lipinski definition) is 2. The zero-order valence-electron chi connectivity index (χ0n) is 13.3. The van der Waals surface area contributed by atoms with E-state index in [0.717, 1.165) is 42.9 Å². The molecule has 1 aromatic carbocycles. The van der Waals surface area contributed by atoms with Crippen LogP contribution in [0.15, 0.2) is 18.2 Å². The Kier molecular flexibility index (Phi) is 5.35. The fourth-order valence-electron chi connectivity index (χ4n) is 3.84. The molecule has 2 atom stereocenters. The van der Waals surface area contributed by atoms with Crippen LogP contribution in [-0.4, -0.2) is 26.1 Å². The van der Waals surface area contributed by atoms with Crippen LogP contribution in [0.3, 0.4) is 0 Å². The first-order valence-electron chi connectivity index (χ1n) is 7.82. The van der Waals surface area contributed by atoms with Crippen molar-refractivity contribution >= 4 is 24.0 Å². The van der Waals surface area contributed by atoms with E-state index in [-0.39, 0.29) is 23.7 Å². The van der Waals surface area contributed by atoms with Crippen molar-refractivity contribution in [2.45, 2.75) is 32.6 Å². The van der Waals surface area contributed by atoms with Gasteiger partial charge >= 0.3 is 0 Å². The highest BCUT2D eigenvalue weighted by Crippen LogP contribution is 2.44. The summed E-state index contributed by atoms with van der Waals surface area (Å²) in [5.41, 5.74) is 1.73. The number of ether oxygens (including phenoxy) is 1. The van der Waals surface area contributed by atoms with Crippen LogP contribution < -0.4 is 15.4 Å². The quantitative estimate of drug-likeness (QED) is 0.898. The van der Waals surface area contributed by atoms with Crippen LogP contribution in [0.2, 0.25) is 0 Å². The molecule has 1 saturated carbocycles. The van der Waals surface area contributed by atoms with Crippen LogP contribution in [0.25, 0.3) is 0 Å². The van der Waals surface area contributed by atoms with Crippen LogP contribution in [-0.2, 0) is 4.79 Å². The number of carbonyl (C=O) groups is 1. The van der Waals surface area contributed by atoms with Crippen LogP contribution in [0.1, 0.15) is 31.2 Å². The number of methoxy groups -OCH3 is 1. The number of aryl methyl sites for hydroxylation is 1. The van der Waals surface area contributed by atoms with E-state index in [9.17, 15) is 4.79 Å². The normalized spacial score (nSPS) is 26.7. The van der Waals surface area contributed by atoms with Crippen molar-refractivity contribution in [1.82, 2.24) is 5.32 Å². The minimum atomic E-state index is -0.204. The minimum absolute atomic E-state index is 0. The largest absolute Gasteiger partial charge is 0.497 e. The van der Waals surface area contributed by atoms with Gasteiger partial charge in [0.05, 0.1) is 12.5 Å². The smallest absolute Gasteiger partial charge is 0.232 e. The SMILES string of the molecule is COc1ccc(NC(=O)[C@@]23CCCC[C@H]2CNC3)c(C)c1.Cl. The predicted octanol–water partition coefficient (Wildman–Crippen LogP) is 3.14. The second-order valence-electron chi connectivity index (χ2n) is 6.36. The molecule has 3 rings (SSSR count). The average molecular weight is 325 g/mol. The Morgan fingerprint density at radius 1 is 1.41 bits per heavy atom. The zero-order valence-corrected chi connectivity index (χ0v) is 14.1. The number of amides is 1. The van der Waals surface area contributed by atoms with Gasteiger partial charge in [-0.3, -0.25) is 4.79 Å². The first kappa shape index (κ1) is 17.1. The Bertz CT molecular complexity index is 549. The van der Waals surface area contributed by atoms with Gasteiger partial charge in [0.2, 0.25) is 5.91 Å². The highest BCUT2D eigenvalue weighted by molar-refractivity contribution is 5.96. The zero-order chi connectivity index (χ0) is 14.9.